The minimum Gasteiger partial charge on any atom is -0.392 e. The summed E-state index contributed by atoms with van der Waals surface area (Å²) in [6, 6.07) is 14.8. The van der Waals surface area contributed by atoms with Gasteiger partial charge in [0.1, 0.15) is 0 Å². The highest BCUT2D eigenvalue weighted by atomic mass is 32.2. The molecule has 0 saturated heterocycles. The summed E-state index contributed by atoms with van der Waals surface area (Å²) < 4.78 is 27.9. The van der Waals surface area contributed by atoms with Crippen LogP contribution in [0.2, 0.25) is 0 Å². The van der Waals surface area contributed by atoms with Gasteiger partial charge in [0.15, 0.2) is 0 Å². The predicted molar refractivity (Wildman–Crippen MR) is 73.4 cm³/mol. The van der Waals surface area contributed by atoms with Crippen LogP contribution in [-0.4, -0.2) is 10.9 Å². The third-order valence-corrected chi connectivity index (χ3v) is 3.83. The van der Waals surface area contributed by atoms with E-state index in [9.17, 15) is 8.78 Å². The van der Waals surface area contributed by atoms with Crippen molar-refractivity contribution in [3.8, 4) is 0 Å². The Hall–Kier alpha value is -1.39. The Morgan fingerprint density at radius 3 is 2.16 bits per heavy atom. The van der Waals surface area contributed by atoms with Gasteiger partial charge in [0.25, 0.3) is 5.92 Å². The van der Waals surface area contributed by atoms with Crippen molar-refractivity contribution in [2.24, 2.45) is 0 Å². The molecule has 0 saturated carbocycles. The Labute approximate surface area is 115 Å². The number of rotatable bonds is 5. The molecule has 0 aliphatic rings. The first-order valence-electron chi connectivity index (χ1n) is 5.88. The van der Waals surface area contributed by atoms with Crippen LogP contribution in [0.25, 0.3) is 0 Å². The van der Waals surface area contributed by atoms with Crippen molar-refractivity contribution in [3.05, 3.63) is 65.7 Å². The molecule has 0 fully saturated rings. The Morgan fingerprint density at radius 1 is 0.947 bits per heavy atom. The first-order chi connectivity index (χ1) is 9.12. The minimum absolute atomic E-state index is 0.0366. The Morgan fingerprint density at radius 2 is 1.58 bits per heavy atom. The van der Waals surface area contributed by atoms with Crippen molar-refractivity contribution in [2.45, 2.75) is 17.4 Å². The molecule has 0 spiro atoms. The topological polar surface area (TPSA) is 20.2 Å². The Bertz CT molecular complexity index is 511. The van der Waals surface area contributed by atoms with E-state index < -0.39 is 5.92 Å². The summed E-state index contributed by atoms with van der Waals surface area (Å²) in [6.07, 6.45) is 0. The summed E-state index contributed by atoms with van der Waals surface area (Å²) >= 11 is 1.11. The van der Waals surface area contributed by atoms with Gasteiger partial charge in [0, 0.05) is 10.5 Å². The second-order valence-electron chi connectivity index (χ2n) is 4.16. The second-order valence-corrected chi connectivity index (χ2v) is 5.21. The maximum Gasteiger partial charge on any atom is 0.282 e. The number of alkyl halides is 2. The van der Waals surface area contributed by atoms with Crippen LogP contribution in [0, 0.1) is 0 Å². The van der Waals surface area contributed by atoms with E-state index in [1.54, 1.807) is 42.5 Å². The maximum absolute atomic E-state index is 13.9. The number of aliphatic hydroxyl groups excluding tert-OH is 1. The highest BCUT2D eigenvalue weighted by molar-refractivity contribution is 7.99. The van der Waals surface area contributed by atoms with E-state index in [1.807, 2.05) is 0 Å². The zero-order valence-corrected chi connectivity index (χ0v) is 11.0. The van der Waals surface area contributed by atoms with Crippen LogP contribution in [0.1, 0.15) is 11.1 Å². The molecule has 2 aromatic carbocycles. The number of halogens is 2. The van der Waals surface area contributed by atoms with Gasteiger partial charge in [-0.3, -0.25) is 0 Å². The van der Waals surface area contributed by atoms with Crippen molar-refractivity contribution in [1.29, 1.82) is 0 Å². The van der Waals surface area contributed by atoms with Crippen molar-refractivity contribution >= 4 is 11.8 Å². The quantitative estimate of drug-likeness (QED) is 0.833. The monoisotopic (exact) mass is 280 g/mol. The van der Waals surface area contributed by atoms with E-state index in [1.165, 1.54) is 12.1 Å². The molecule has 0 aliphatic heterocycles. The number of hydrogen-bond donors (Lipinski definition) is 1. The van der Waals surface area contributed by atoms with Crippen molar-refractivity contribution < 1.29 is 13.9 Å². The van der Waals surface area contributed by atoms with Gasteiger partial charge < -0.3 is 5.11 Å². The molecule has 1 nitrogen and oxygen atoms in total. The Kier molecular flexibility index (Phi) is 4.56. The van der Waals surface area contributed by atoms with Crippen LogP contribution in [0.15, 0.2) is 59.5 Å². The predicted octanol–water partition coefficient (Wildman–Crippen LogP) is 4.06. The fraction of sp³-hybridized carbons (Fsp3) is 0.200. The third kappa shape index (κ3) is 3.78. The zero-order chi connectivity index (χ0) is 13.7. The molecule has 0 bridgehead atoms. The van der Waals surface area contributed by atoms with E-state index in [2.05, 4.69) is 0 Å². The fourth-order valence-electron chi connectivity index (χ4n) is 1.63. The lowest BCUT2D eigenvalue weighted by molar-refractivity contribution is 0.0232. The standard InChI is InChI=1S/C15H14F2OS/c16-15(17,13-4-2-1-3-5-13)11-19-14-8-6-12(10-18)7-9-14/h1-9,18H,10-11H2. The highest BCUT2D eigenvalue weighted by Crippen LogP contribution is 2.34. The van der Waals surface area contributed by atoms with Gasteiger partial charge in [-0.15, -0.1) is 11.8 Å². The summed E-state index contributed by atoms with van der Waals surface area (Å²) in [5, 5.41) is 8.91. The lowest BCUT2D eigenvalue weighted by Gasteiger charge is -2.16. The molecule has 4 heteroatoms. The van der Waals surface area contributed by atoms with Crippen molar-refractivity contribution in [2.75, 3.05) is 5.75 Å². The summed E-state index contributed by atoms with van der Waals surface area (Å²) in [6.45, 7) is -0.0366. The van der Waals surface area contributed by atoms with E-state index >= 15 is 0 Å². The smallest absolute Gasteiger partial charge is 0.282 e. The minimum atomic E-state index is -2.85. The molecule has 1 N–H and O–H groups in total. The number of aliphatic hydroxyl groups is 1. The summed E-state index contributed by atoms with van der Waals surface area (Å²) in [5.74, 6) is -3.14. The Balaban J connectivity index is 2.01. The zero-order valence-electron chi connectivity index (χ0n) is 10.2. The molecule has 0 heterocycles. The van der Waals surface area contributed by atoms with Crippen LogP contribution in [0.4, 0.5) is 8.78 Å². The van der Waals surface area contributed by atoms with Crippen LogP contribution < -0.4 is 0 Å². The van der Waals surface area contributed by atoms with Crippen LogP contribution >= 0.6 is 11.8 Å². The molecule has 0 amide bonds. The van der Waals surface area contributed by atoms with Crippen molar-refractivity contribution in [1.82, 2.24) is 0 Å². The normalized spacial score (nSPS) is 11.5. The van der Waals surface area contributed by atoms with Gasteiger partial charge in [-0.25, -0.2) is 8.78 Å². The van der Waals surface area contributed by atoms with Gasteiger partial charge in [0.2, 0.25) is 0 Å². The van der Waals surface area contributed by atoms with Crippen molar-refractivity contribution in [3.63, 3.8) is 0 Å². The molecule has 19 heavy (non-hydrogen) atoms. The average molecular weight is 280 g/mol. The third-order valence-electron chi connectivity index (χ3n) is 2.72. The van der Waals surface area contributed by atoms with Crippen LogP contribution in [0.3, 0.4) is 0 Å². The molecule has 0 radical (unpaired) electrons. The van der Waals surface area contributed by atoms with Gasteiger partial charge >= 0.3 is 0 Å². The molecular weight excluding hydrogens is 266 g/mol. The molecule has 100 valence electrons. The number of benzene rings is 2. The van der Waals surface area contributed by atoms with Crippen LogP contribution in [0.5, 0.6) is 0 Å². The summed E-state index contributed by atoms with van der Waals surface area (Å²) in [4.78, 5) is 0.771. The lowest BCUT2D eigenvalue weighted by atomic mass is 10.1. The number of thioether (sulfide) groups is 1. The van der Waals surface area contributed by atoms with Crippen LogP contribution in [-0.2, 0) is 12.5 Å². The fourth-order valence-corrected chi connectivity index (χ4v) is 2.47. The van der Waals surface area contributed by atoms with E-state index in [4.69, 9.17) is 5.11 Å². The van der Waals surface area contributed by atoms with Gasteiger partial charge in [-0.05, 0) is 17.7 Å². The molecule has 2 aromatic rings. The summed E-state index contributed by atoms with van der Waals surface area (Å²) in [7, 11) is 0. The largest absolute Gasteiger partial charge is 0.392 e. The first kappa shape index (κ1) is 14.0. The number of hydrogen-bond acceptors (Lipinski definition) is 2. The molecule has 0 aromatic heterocycles. The maximum atomic E-state index is 13.9. The second kappa shape index (κ2) is 6.17. The highest BCUT2D eigenvalue weighted by Gasteiger charge is 2.31. The molecule has 0 atom stereocenters. The molecule has 0 unspecified atom stereocenters. The van der Waals surface area contributed by atoms with E-state index in [0.717, 1.165) is 22.2 Å². The molecule has 0 aliphatic carbocycles. The van der Waals surface area contributed by atoms with E-state index in [-0.39, 0.29) is 17.9 Å². The lowest BCUT2D eigenvalue weighted by Crippen LogP contribution is -2.16. The first-order valence-corrected chi connectivity index (χ1v) is 6.86. The SMILES string of the molecule is OCc1ccc(SCC(F)(F)c2ccccc2)cc1. The average Bonchev–Trinajstić information content (AvgIpc) is 2.47. The summed E-state index contributed by atoms with van der Waals surface area (Å²) in [5.41, 5.74) is 0.814. The van der Waals surface area contributed by atoms with E-state index in [0.29, 0.717) is 0 Å². The molecular formula is C15H14F2OS. The van der Waals surface area contributed by atoms with Gasteiger partial charge in [-0.1, -0.05) is 42.5 Å². The van der Waals surface area contributed by atoms with Gasteiger partial charge in [0.05, 0.1) is 12.4 Å². The van der Waals surface area contributed by atoms with Gasteiger partial charge in [-0.2, -0.15) is 0 Å². The molecule has 2 rings (SSSR count).